The molecule has 7 nitrogen and oxygen atoms in total. The predicted octanol–water partition coefficient (Wildman–Crippen LogP) is 4.65. The lowest BCUT2D eigenvalue weighted by atomic mass is 10.2. The molecule has 0 fully saturated rings. The highest BCUT2D eigenvalue weighted by Crippen LogP contribution is 2.36. The number of methoxy groups -OCH3 is 2. The summed E-state index contributed by atoms with van der Waals surface area (Å²) < 4.78 is 21.5. The van der Waals surface area contributed by atoms with E-state index in [2.05, 4.69) is 11.4 Å². The van der Waals surface area contributed by atoms with Crippen molar-refractivity contribution < 1.29 is 23.4 Å². The molecule has 148 valence electrons. The number of carbonyl (C=O) groups is 1. The molecule has 0 atom stereocenters. The Morgan fingerprint density at radius 1 is 1.10 bits per heavy atom. The van der Waals surface area contributed by atoms with Crippen LogP contribution in [-0.2, 0) is 6.61 Å². The Morgan fingerprint density at radius 2 is 1.86 bits per heavy atom. The molecule has 1 aromatic heterocycles. The maximum absolute atomic E-state index is 12.5. The summed E-state index contributed by atoms with van der Waals surface area (Å²) in [6, 6.07) is 15.2. The Kier molecular flexibility index (Phi) is 6.27. The second-order valence-electron chi connectivity index (χ2n) is 5.80. The van der Waals surface area contributed by atoms with Crippen LogP contribution in [0.15, 0.2) is 52.9 Å². The van der Waals surface area contributed by atoms with Crippen LogP contribution in [0.1, 0.15) is 21.9 Å². The van der Waals surface area contributed by atoms with E-state index in [4.69, 9.17) is 35.5 Å². The van der Waals surface area contributed by atoms with Crippen molar-refractivity contribution in [2.24, 2.45) is 0 Å². The predicted molar refractivity (Wildman–Crippen MR) is 107 cm³/mol. The number of rotatable bonds is 7. The zero-order chi connectivity index (χ0) is 20.8. The number of halogens is 1. The van der Waals surface area contributed by atoms with E-state index in [1.165, 1.54) is 26.4 Å². The van der Waals surface area contributed by atoms with Crippen molar-refractivity contribution in [2.45, 2.75) is 6.61 Å². The van der Waals surface area contributed by atoms with Gasteiger partial charge in [0.15, 0.2) is 5.76 Å². The van der Waals surface area contributed by atoms with Gasteiger partial charge in [0.25, 0.3) is 5.91 Å². The first-order valence-electron chi connectivity index (χ1n) is 8.49. The number of amides is 1. The first-order valence-corrected chi connectivity index (χ1v) is 8.87. The van der Waals surface area contributed by atoms with Crippen molar-refractivity contribution in [1.82, 2.24) is 0 Å². The van der Waals surface area contributed by atoms with E-state index in [9.17, 15) is 4.79 Å². The van der Waals surface area contributed by atoms with Crippen molar-refractivity contribution >= 4 is 23.2 Å². The van der Waals surface area contributed by atoms with Gasteiger partial charge in [-0.1, -0.05) is 23.7 Å². The van der Waals surface area contributed by atoms with Crippen LogP contribution < -0.4 is 19.5 Å². The SMILES string of the molecule is COc1cc(OC)c(NC(=O)c2ccc(COc3ccccc3C#N)o2)cc1Cl. The number of carbonyl (C=O) groups excluding carboxylic acids is 1. The average molecular weight is 413 g/mol. The fraction of sp³-hybridized carbons (Fsp3) is 0.143. The molecule has 2 aromatic carbocycles. The molecule has 0 saturated carbocycles. The van der Waals surface area contributed by atoms with E-state index in [1.807, 2.05) is 0 Å². The second-order valence-corrected chi connectivity index (χ2v) is 6.21. The number of furan rings is 1. The zero-order valence-electron chi connectivity index (χ0n) is 15.7. The van der Waals surface area contributed by atoms with Gasteiger partial charge in [0.1, 0.15) is 35.7 Å². The quantitative estimate of drug-likeness (QED) is 0.606. The van der Waals surface area contributed by atoms with Crippen molar-refractivity contribution in [3.05, 3.63) is 70.6 Å². The van der Waals surface area contributed by atoms with Crippen LogP contribution in [0.3, 0.4) is 0 Å². The summed E-state index contributed by atoms with van der Waals surface area (Å²) >= 11 is 6.12. The molecular weight excluding hydrogens is 396 g/mol. The number of nitriles is 1. The molecule has 1 amide bonds. The molecule has 3 rings (SSSR count). The lowest BCUT2D eigenvalue weighted by Gasteiger charge is -2.12. The maximum atomic E-state index is 12.5. The molecular formula is C21H17ClN2O5. The summed E-state index contributed by atoms with van der Waals surface area (Å²) in [5.74, 6) is 1.30. The summed E-state index contributed by atoms with van der Waals surface area (Å²) in [6.45, 7) is 0.0731. The molecule has 0 aliphatic rings. The van der Waals surface area contributed by atoms with Crippen molar-refractivity contribution in [3.63, 3.8) is 0 Å². The third kappa shape index (κ3) is 4.62. The van der Waals surface area contributed by atoms with Gasteiger partial charge in [-0.05, 0) is 30.3 Å². The van der Waals surface area contributed by atoms with Crippen LogP contribution in [0.25, 0.3) is 0 Å². The van der Waals surface area contributed by atoms with Crippen LogP contribution in [0.5, 0.6) is 17.2 Å². The van der Waals surface area contributed by atoms with Gasteiger partial charge < -0.3 is 23.9 Å². The summed E-state index contributed by atoms with van der Waals surface area (Å²) in [6.07, 6.45) is 0. The Labute approximate surface area is 172 Å². The van der Waals surface area contributed by atoms with Gasteiger partial charge in [0.2, 0.25) is 0 Å². The van der Waals surface area contributed by atoms with Crippen LogP contribution in [-0.4, -0.2) is 20.1 Å². The molecule has 0 saturated heterocycles. The van der Waals surface area contributed by atoms with E-state index in [0.29, 0.717) is 39.3 Å². The fourth-order valence-electron chi connectivity index (χ4n) is 2.55. The molecule has 0 aliphatic carbocycles. The summed E-state index contributed by atoms with van der Waals surface area (Å²) in [7, 11) is 2.96. The summed E-state index contributed by atoms with van der Waals surface area (Å²) in [5.41, 5.74) is 0.793. The molecule has 29 heavy (non-hydrogen) atoms. The van der Waals surface area contributed by atoms with E-state index < -0.39 is 5.91 Å². The third-order valence-electron chi connectivity index (χ3n) is 3.99. The van der Waals surface area contributed by atoms with E-state index in [0.717, 1.165) is 0 Å². The minimum absolute atomic E-state index is 0.0731. The minimum Gasteiger partial charge on any atom is -0.495 e. The highest BCUT2D eigenvalue weighted by molar-refractivity contribution is 6.32. The lowest BCUT2D eigenvalue weighted by Crippen LogP contribution is -2.12. The molecule has 0 aliphatic heterocycles. The van der Waals surface area contributed by atoms with Crippen LogP contribution >= 0.6 is 11.6 Å². The summed E-state index contributed by atoms with van der Waals surface area (Å²) in [5, 5.41) is 12.1. The van der Waals surface area contributed by atoms with E-state index in [-0.39, 0.29) is 12.4 Å². The first-order chi connectivity index (χ1) is 14.0. The molecule has 8 heteroatoms. The van der Waals surface area contributed by atoms with Crippen LogP contribution in [0.2, 0.25) is 5.02 Å². The number of anilines is 1. The highest BCUT2D eigenvalue weighted by Gasteiger charge is 2.16. The van der Waals surface area contributed by atoms with Gasteiger partial charge in [0, 0.05) is 6.07 Å². The standard InChI is InChI=1S/C21H17ClN2O5/c1-26-19-10-20(27-2)16(9-15(19)22)24-21(25)18-8-7-14(29-18)12-28-17-6-4-3-5-13(17)11-23/h3-10H,12H2,1-2H3,(H,24,25). The molecule has 1 heterocycles. The Balaban J connectivity index is 1.70. The Morgan fingerprint density at radius 3 is 2.59 bits per heavy atom. The number of nitrogens with one attached hydrogen (secondary N) is 1. The molecule has 0 spiro atoms. The first kappa shape index (κ1) is 20.1. The normalized spacial score (nSPS) is 10.1. The molecule has 0 unspecified atom stereocenters. The number of ether oxygens (including phenoxy) is 3. The highest BCUT2D eigenvalue weighted by atomic mass is 35.5. The van der Waals surface area contributed by atoms with Gasteiger partial charge in [-0.3, -0.25) is 4.79 Å². The minimum atomic E-state index is -0.479. The van der Waals surface area contributed by atoms with E-state index >= 15 is 0 Å². The second kappa shape index (κ2) is 9.04. The number of para-hydroxylation sites is 1. The molecule has 0 radical (unpaired) electrons. The summed E-state index contributed by atoms with van der Waals surface area (Å²) in [4.78, 5) is 12.5. The van der Waals surface area contributed by atoms with Crippen LogP contribution in [0, 0.1) is 11.3 Å². The molecule has 0 bridgehead atoms. The Bertz CT molecular complexity index is 1070. The van der Waals surface area contributed by atoms with Crippen molar-refractivity contribution in [3.8, 4) is 23.3 Å². The number of hydrogen-bond donors (Lipinski definition) is 1. The average Bonchev–Trinajstić information content (AvgIpc) is 3.22. The molecule has 1 N–H and O–H groups in total. The lowest BCUT2D eigenvalue weighted by molar-refractivity contribution is 0.0992. The topological polar surface area (TPSA) is 93.7 Å². The Hall–Kier alpha value is -3.63. The van der Waals surface area contributed by atoms with Gasteiger partial charge in [0.05, 0.1) is 30.5 Å². The number of hydrogen-bond acceptors (Lipinski definition) is 6. The van der Waals surface area contributed by atoms with Gasteiger partial charge >= 0.3 is 0 Å². The number of benzene rings is 2. The fourth-order valence-corrected chi connectivity index (χ4v) is 2.79. The van der Waals surface area contributed by atoms with Crippen molar-refractivity contribution in [1.29, 1.82) is 5.26 Å². The van der Waals surface area contributed by atoms with Gasteiger partial charge in [-0.25, -0.2) is 0 Å². The van der Waals surface area contributed by atoms with Gasteiger partial charge in [-0.15, -0.1) is 0 Å². The zero-order valence-corrected chi connectivity index (χ0v) is 16.4. The third-order valence-corrected chi connectivity index (χ3v) is 4.28. The van der Waals surface area contributed by atoms with Crippen LogP contribution in [0.4, 0.5) is 5.69 Å². The monoisotopic (exact) mass is 412 g/mol. The largest absolute Gasteiger partial charge is 0.495 e. The maximum Gasteiger partial charge on any atom is 0.291 e. The smallest absolute Gasteiger partial charge is 0.291 e. The van der Waals surface area contributed by atoms with Crippen molar-refractivity contribution in [2.75, 3.05) is 19.5 Å². The van der Waals surface area contributed by atoms with E-state index in [1.54, 1.807) is 36.4 Å². The number of nitrogens with zero attached hydrogens (tertiary/aromatic N) is 1. The molecule has 3 aromatic rings. The van der Waals surface area contributed by atoms with Gasteiger partial charge in [-0.2, -0.15) is 5.26 Å².